The molecule has 2 N–H and O–H groups in total. The zero-order chi connectivity index (χ0) is 21.6. The Morgan fingerprint density at radius 3 is 2.17 bits per heavy atom. The molecule has 1 fully saturated rings. The first kappa shape index (κ1) is 22.9. The standard InChI is InChI=1S/C23H35N3O3/c1-6-12-23(13-7-2)21(28)26(22(29)25-23)15-20(27)24-17(5)19-10-8-18(9-11-19)14-16(3)4/h8-11,16-17H,6-7,12-15H2,1-5H3,(H,24,27)(H,25,29). The van der Waals surface area contributed by atoms with Gasteiger partial charge in [-0.2, -0.15) is 0 Å². The molecule has 1 heterocycles. The lowest BCUT2D eigenvalue weighted by molar-refractivity contribution is -0.135. The molecule has 1 unspecified atom stereocenters. The Bertz CT molecular complexity index is 721. The van der Waals surface area contributed by atoms with Crippen LogP contribution >= 0.6 is 0 Å². The lowest BCUT2D eigenvalue weighted by Gasteiger charge is -2.25. The Kier molecular flexibility index (Phi) is 7.82. The molecular weight excluding hydrogens is 366 g/mol. The topological polar surface area (TPSA) is 78.5 Å². The predicted octanol–water partition coefficient (Wildman–Crippen LogP) is 3.95. The van der Waals surface area contributed by atoms with Crippen LogP contribution in [0.2, 0.25) is 0 Å². The molecule has 4 amide bonds. The first-order chi connectivity index (χ1) is 13.7. The van der Waals surface area contributed by atoms with Crippen molar-refractivity contribution >= 4 is 17.8 Å². The molecule has 0 bridgehead atoms. The Morgan fingerprint density at radius 2 is 1.66 bits per heavy atom. The predicted molar refractivity (Wildman–Crippen MR) is 114 cm³/mol. The van der Waals surface area contributed by atoms with Gasteiger partial charge in [-0.1, -0.05) is 64.8 Å². The fourth-order valence-corrected chi connectivity index (χ4v) is 4.07. The molecule has 1 atom stereocenters. The summed E-state index contributed by atoms with van der Waals surface area (Å²) in [5.41, 5.74) is 1.40. The minimum atomic E-state index is -0.862. The Morgan fingerprint density at radius 1 is 1.07 bits per heavy atom. The summed E-state index contributed by atoms with van der Waals surface area (Å²) in [6.45, 7) is 9.99. The van der Waals surface area contributed by atoms with E-state index in [2.05, 4.69) is 36.6 Å². The first-order valence-corrected chi connectivity index (χ1v) is 10.7. The van der Waals surface area contributed by atoms with Gasteiger partial charge in [0.2, 0.25) is 5.91 Å². The van der Waals surface area contributed by atoms with Gasteiger partial charge in [0, 0.05) is 0 Å². The summed E-state index contributed by atoms with van der Waals surface area (Å²) >= 11 is 0. The van der Waals surface area contributed by atoms with Gasteiger partial charge in [0.15, 0.2) is 0 Å². The normalized spacial score (nSPS) is 16.8. The summed E-state index contributed by atoms with van der Waals surface area (Å²) in [6.07, 6.45) is 3.77. The maximum atomic E-state index is 12.9. The highest BCUT2D eigenvalue weighted by atomic mass is 16.2. The summed E-state index contributed by atoms with van der Waals surface area (Å²) in [4.78, 5) is 38.9. The molecule has 1 aromatic rings. The number of amides is 4. The number of carbonyl (C=O) groups is 3. The van der Waals surface area contributed by atoms with Crippen LogP contribution in [0.25, 0.3) is 0 Å². The van der Waals surface area contributed by atoms with Gasteiger partial charge in [-0.05, 0) is 43.2 Å². The zero-order valence-electron chi connectivity index (χ0n) is 18.4. The van der Waals surface area contributed by atoms with E-state index in [1.807, 2.05) is 32.9 Å². The fourth-order valence-electron chi connectivity index (χ4n) is 4.07. The monoisotopic (exact) mass is 401 g/mol. The number of benzene rings is 1. The van der Waals surface area contributed by atoms with Crippen LogP contribution < -0.4 is 10.6 Å². The number of urea groups is 1. The summed E-state index contributed by atoms with van der Waals surface area (Å²) in [7, 11) is 0. The first-order valence-electron chi connectivity index (χ1n) is 10.7. The number of imide groups is 1. The molecule has 160 valence electrons. The van der Waals surface area contributed by atoms with Crippen LogP contribution in [0.5, 0.6) is 0 Å². The zero-order valence-corrected chi connectivity index (χ0v) is 18.4. The summed E-state index contributed by atoms with van der Waals surface area (Å²) in [5, 5.41) is 5.74. The van der Waals surface area contributed by atoms with Crippen molar-refractivity contribution in [1.29, 1.82) is 0 Å². The lowest BCUT2D eigenvalue weighted by atomic mass is 9.88. The van der Waals surface area contributed by atoms with Gasteiger partial charge >= 0.3 is 6.03 Å². The van der Waals surface area contributed by atoms with Gasteiger partial charge in [-0.25, -0.2) is 4.79 Å². The van der Waals surface area contributed by atoms with E-state index in [0.717, 1.165) is 29.7 Å². The second-order valence-electron chi connectivity index (χ2n) is 8.53. The number of nitrogens with zero attached hydrogens (tertiary/aromatic N) is 1. The SMILES string of the molecule is CCCC1(CCC)NC(=O)N(CC(=O)NC(C)c2ccc(CC(C)C)cc2)C1=O. The lowest BCUT2D eigenvalue weighted by Crippen LogP contribution is -2.47. The van der Waals surface area contributed by atoms with E-state index in [1.165, 1.54) is 5.56 Å². The van der Waals surface area contributed by atoms with E-state index in [9.17, 15) is 14.4 Å². The van der Waals surface area contributed by atoms with E-state index in [4.69, 9.17) is 0 Å². The van der Waals surface area contributed by atoms with Gasteiger partial charge in [-0.15, -0.1) is 0 Å². The summed E-state index contributed by atoms with van der Waals surface area (Å²) < 4.78 is 0. The molecule has 0 aromatic heterocycles. The molecule has 0 spiro atoms. The van der Waals surface area contributed by atoms with Crippen LogP contribution in [0, 0.1) is 5.92 Å². The maximum absolute atomic E-state index is 12.9. The average Bonchev–Trinajstić information content (AvgIpc) is 2.86. The molecule has 1 aromatic carbocycles. The van der Waals surface area contributed by atoms with Gasteiger partial charge in [-0.3, -0.25) is 14.5 Å². The molecule has 0 saturated carbocycles. The summed E-state index contributed by atoms with van der Waals surface area (Å²) in [6, 6.07) is 7.52. The molecule has 6 nitrogen and oxygen atoms in total. The molecule has 29 heavy (non-hydrogen) atoms. The number of carbonyl (C=O) groups excluding carboxylic acids is 3. The van der Waals surface area contributed by atoms with Crippen molar-refractivity contribution in [3.05, 3.63) is 35.4 Å². The van der Waals surface area contributed by atoms with E-state index >= 15 is 0 Å². The maximum Gasteiger partial charge on any atom is 0.325 e. The van der Waals surface area contributed by atoms with Gasteiger partial charge in [0.05, 0.1) is 6.04 Å². The second-order valence-corrected chi connectivity index (χ2v) is 8.53. The second kappa shape index (κ2) is 9.90. The third-order valence-corrected chi connectivity index (χ3v) is 5.40. The third kappa shape index (κ3) is 5.58. The van der Waals surface area contributed by atoms with Crippen LogP contribution in [-0.4, -0.2) is 34.8 Å². The van der Waals surface area contributed by atoms with Crippen LogP contribution in [-0.2, 0) is 16.0 Å². The van der Waals surface area contributed by atoms with Crippen molar-refractivity contribution in [3.63, 3.8) is 0 Å². The Labute approximate surface area is 174 Å². The van der Waals surface area contributed by atoms with Gasteiger partial charge in [0.25, 0.3) is 5.91 Å². The number of nitrogens with one attached hydrogen (secondary N) is 2. The van der Waals surface area contributed by atoms with Crippen molar-refractivity contribution in [2.24, 2.45) is 5.92 Å². The van der Waals surface area contributed by atoms with Gasteiger partial charge in [0.1, 0.15) is 12.1 Å². The third-order valence-electron chi connectivity index (χ3n) is 5.40. The van der Waals surface area contributed by atoms with Crippen molar-refractivity contribution in [3.8, 4) is 0 Å². The molecule has 1 aliphatic rings. The minimum Gasteiger partial charge on any atom is -0.348 e. The van der Waals surface area contributed by atoms with Crippen molar-refractivity contribution < 1.29 is 14.4 Å². The molecule has 1 aliphatic heterocycles. The summed E-state index contributed by atoms with van der Waals surface area (Å²) in [5.74, 6) is -0.0299. The molecule has 0 aliphatic carbocycles. The fraction of sp³-hybridized carbons (Fsp3) is 0.609. The number of hydrogen-bond acceptors (Lipinski definition) is 3. The smallest absolute Gasteiger partial charge is 0.325 e. The minimum absolute atomic E-state index is 0.201. The van der Waals surface area contributed by atoms with Crippen LogP contribution in [0.1, 0.15) is 77.5 Å². The molecular formula is C23H35N3O3. The largest absolute Gasteiger partial charge is 0.348 e. The molecule has 6 heteroatoms. The van der Waals surface area contributed by atoms with E-state index < -0.39 is 11.6 Å². The van der Waals surface area contributed by atoms with Crippen LogP contribution in [0.3, 0.4) is 0 Å². The number of rotatable bonds is 10. The quantitative estimate of drug-likeness (QED) is 0.583. The van der Waals surface area contributed by atoms with Crippen LogP contribution in [0.15, 0.2) is 24.3 Å². The highest BCUT2D eigenvalue weighted by Gasteiger charge is 2.50. The molecule has 0 radical (unpaired) electrons. The van der Waals surface area contributed by atoms with Crippen LogP contribution in [0.4, 0.5) is 4.79 Å². The van der Waals surface area contributed by atoms with Gasteiger partial charge < -0.3 is 10.6 Å². The number of hydrogen-bond donors (Lipinski definition) is 2. The Hall–Kier alpha value is -2.37. The highest BCUT2D eigenvalue weighted by Crippen LogP contribution is 2.28. The van der Waals surface area contributed by atoms with Crippen molar-refractivity contribution in [1.82, 2.24) is 15.5 Å². The molecule has 2 rings (SSSR count). The average molecular weight is 402 g/mol. The molecule has 1 saturated heterocycles. The Balaban J connectivity index is 1.99. The van der Waals surface area contributed by atoms with Crippen molar-refractivity contribution in [2.45, 2.75) is 78.3 Å². The van der Waals surface area contributed by atoms with E-state index in [1.54, 1.807) is 0 Å². The van der Waals surface area contributed by atoms with E-state index in [0.29, 0.717) is 18.8 Å². The van der Waals surface area contributed by atoms with Crippen molar-refractivity contribution in [2.75, 3.05) is 6.54 Å². The van der Waals surface area contributed by atoms with E-state index in [-0.39, 0.29) is 24.4 Å². The highest BCUT2D eigenvalue weighted by molar-refractivity contribution is 6.09.